The Hall–Kier alpha value is -2.37. The van der Waals surface area contributed by atoms with Gasteiger partial charge in [-0.15, -0.1) is 0 Å². The molecule has 1 aromatic rings. The average Bonchev–Trinajstić information content (AvgIpc) is 2.43. The Bertz CT molecular complexity index is 500. The summed E-state index contributed by atoms with van der Waals surface area (Å²) in [4.78, 5) is 33.7. The van der Waals surface area contributed by atoms with Crippen LogP contribution in [0.25, 0.3) is 0 Å². The zero-order valence-electron chi connectivity index (χ0n) is 11.6. The fourth-order valence-electron chi connectivity index (χ4n) is 1.53. The summed E-state index contributed by atoms with van der Waals surface area (Å²) in [6.45, 7) is 1.83. The van der Waals surface area contributed by atoms with Gasteiger partial charge < -0.3 is 15.4 Å². The summed E-state index contributed by atoms with van der Waals surface area (Å²) >= 11 is 0. The first-order valence-corrected chi connectivity index (χ1v) is 6.25. The van der Waals surface area contributed by atoms with Crippen molar-refractivity contribution in [1.29, 1.82) is 0 Å². The van der Waals surface area contributed by atoms with Crippen molar-refractivity contribution in [3.63, 3.8) is 0 Å². The molecule has 1 aromatic carbocycles. The van der Waals surface area contributed by atoms with Crippen molar-refractivity contribution in [3.8, 4) is 0 Å². The predicted molar refractivity (Wildman–Crippen MR) is 74.7 cm³/mol. The number of benzene rings is 1. The van der Waals surface area contributed by atoms with Crippen molar-refractivity contribution in [1.82, 2.24) is 5.32 Å². The number of esters is 1. The van der Waals surface area contributed by atoms with Gasteiger partial charge in [-0.2, -0.15) is 0 Å². The van der Waals surface area contributed by atoms with E-state index in [1.807, 2.05) is 0 Å². The molecule has 0 fully saturated rings. The van der Waals surface area contributed by atoms with E-state index in [0.29, 0.717) is 24.2 Å². The fourth-order valence-corrected chi connectivity index (χ4v) is 1.53. The van der Waals surface area contributed by atoms with Crippen LogP contribution in [0, 0.1) is 0 Å². The molecule has 0 bridgehead atoms. The molecule has 0 radical (unpaired) electrons. The number of methoxy groups -OCH3 is 1. The topological polar surface area (TPSA) is 84.5 Å². The lowest BCUT2D eigenvalue weighted by molar-refractivity contribution is -0.140. The van der Waals surface area contributed by atoms with Crippen LogP contribution in [-0.2, 0) is 9.53 Å². The second kappa shape index (κ2) is 7.93. The molecule has 108 valence electrons. The van der Waals surface area contributed by atoms with Gasteiger partial charge >= 0.3 is 12.0 Å². The first-order valence-electron chi connectivity index (χ1n) is 6.25. The average molecular weight is 278 g/mol. The van der Waals surface area contributed by atoms with Crippen molar-refractivity contribution in [2.75, 3.05) is 19.0 Å². The van der Waals surface area contributed by atoms with Crippen LogP contribution in [0.1, 0.15) is 30.1 Å². The van der Waals surface area contributed by atoms with E-state index in [2.05, 4.69) is 15.4 Å². The molecule has 1 rings (SSSR count). The first kappa shape index (κ1) is 15.7. The zero-order chi connectivity index (χ0) is 15.0. The third-order valence-electron chi connectivity index (χ3n) is 2.60. The maximum atomic E-state index is 11.6. The molecule has 0 unspecified atom stereocenters. The van der Waals surface area contributed by atoms with Crippen LogP contribution in [0.3, 0.4) is 0 Å². The SMILES string of the molecule is COC(=O)CCCNC(=O)Nc1cccc(C(C)=O)c1. The molecule has 0 aliphatic heterocycles. The molecular weight excluding hydrogens is 260 g/mol. The lowest BCUT2D eigenvalue weighted by atomic mass is 10.1. The Kier molecular flexibility index (Phi) is 6.22. The van der Waals surface area contributed by atoms with Crippen molar-refractivity contribution in [3.05, 3.63) is 29.8 Å². The second-order valence-electron chi connectivity index (χ2n) is 4.20. The van der Waals surface area contributed by atoms with Crippen molar-refractivity contribution >= 4 is 23.5 Å². The Morgan fingerprint density at radius 2 is 2.00 bits per heavy atom. The number of hydrogen-bond acceptors (Lipinski definition) is 4. The zero-order valence-corrected chi connectivity index (χ0v) is 11.6. The molecule has 0 spiro atoms. The number of hydrogen-bond donors (Lipinski definition) is 2. The lowest BCUT2D eigenvalue weighted by Gasteiger charge is -2.08. The van der Waals surface area contributed by atoms with Crippen molar-refractivity contribution < 1.29 is 19.1 Å². The van der Waals surface area contributed by atoms with Gasteiger partial charge in [-0.05, 0) is 25.5 Å². The third kappa shape index (κ3) is 5.51. The Balaban J connectivity index is 2.37. The highest BCUT2D eigenvalue weighted by atomic mass is 16.5. The maximum Gasteiger partial charge on any atom is 0.319 e. The standard InChI is InChI=1S/C14H18N2O4/c1-10(17)11-5-3-6-12(9-11)16-14(19)15-8-4-7-13(18)20-2/h3,5-6,9H,4,7-8H2,1-2H3,(H2,15,16,19). The molecule has 0 aliphatic rings. The summed E-state index contributed by atoms with van der Waals surface area (Å²) < 4.78 is 4.49. The number of urea groups is 1. The number of rotatable bonds is 6. The van der Waals surface area contributed by atoms with E-state index in [0.717, 1.165) is 0 Å². The van der Waals surface area contributed by atoms with Crippen LogP contribution in [0.4, 0.5) is 10.5 Å². The number of Topliss-reactive ketones (excluding diaryl/α,β-unsaturated/α-hetero) is 1. The monoisotopic (exact) mass is 278 g/mol. The normalized spacial score (nSPS) is 9.70. The van der Waals surface area contributed by atoms with Gasteiger partial charge in [-0.1, -0.05) is 12.1 Å². The summed E-state index contributed by atoms with van der Waals surface area (Å²) in [5, 5.41) is 5.24. The number of nitrogens with one attached hydrogen (secondary N) is 2. The number of ketones is 1. The number of amides is 2. The molecule has 0 saturated heterocycles. The Labute approximate surface area is 117 Å². The highest BCUT2D eigenvalue weighted by Crippen LogP contribution is 2.10. The minimum Gasteiger partial charge on any atom is -0.469 e. The van der Waals surface area contributed by atoms with Gasteiger partial charge in [0, 0.05) is 24.2 Å². The van der Waals surface area contributed by atoms with Crippen LogP contribution in [-0.4, -0.2) is 31.4 Å². The number of ether oxygens (including phenoxy) is 1. The Morgan fingerprint density at radius 1 is 1.25 bits per heavy atom. The van der Waals surface area contributed by atoms with Crippen molar-refractivity contribution in [2.24, 2.45) is 0 Å². The summed E-state index contributed by atoms with van der Waals surface area (Å²) in [5.74, 6) is -0.367. The van der Waals surface area contributed by atoms with Crippen LogP contribution >= 0.6 is 0 Å². The van der Waals surface area contributed by atoms with Crippen LogP contribution in [0.15, 0.2) is 24.3 Å². The maximum absolute atomic E-state index is 11.6. The number of carbonyl (C=O) groups excluding carboxylic acids is 3. The Morgan fingerprint density at radius 3 is 2.65 bits per heavy atom. The van der Waals surface area contributed by atoms with Crippen LogP contribution in [0.5, 0.6) is 0 Å². The first-order chi connectivity index (χ1) is 9.52. The van der Waals surface area contributed by atoms with Gasteiger partial charge in [0.25, 0.3) is 0 Å². The van der Waals surface area contributed by atoms with E-state index in [1.54, 1.807) is 24.3 Å². The highest BCUT2D eigenvalue weighted by molar-refractivity contribution is 5.96. The van der Waals surface area contributed by atoms with Gasteiger partial charge in [-0.25, -0.2) is 4.79 Å². The largest absolute Gasteiger partial charge is 0.469 e. The summed E-state index contributed by atoms with van der Waals surface area (Å²) in [6.07, 6.45) is 0.768. The minimum absolute atomic E-state index is 0.0628. The van der Waals surface area contributed by atoms with Gasteiger partial charge in [0.15, 0.2) is 5.78 Å². The molecule has 0 heterocycles. The van der Waals surface area contributed by atoms with E-state index in [1.165, 1.54) is 14.0 Å². The summed E-state index contributed by atoms with van der Waals surface area (Å²) in [5.41, 5.74) is 1.08. The van der Waals surface area contributed by atoms with Crippen LogP contribution < -0.4 is 10.6 Å². The van der Waals surface area contributed by atoms with E-state index in [4.69, 9.17) is 0 Å². The summed E-state index contributed by atoms with van der Waals surface area (Å²) in [6, 6.07) is 6.30. The summed E-state index contributed by atoms with van der Waals surface area (Å²) in [7, 11) is 1.32. The molecule has 6 heteroatoms. The highest BCUT2D eigenvalue weighted by Gasteiger charge is 2.05. The molecule has 0 saturated carbocycles. The van der Waals surface area contributed by atoms with Gasteiger partial charge in [-0.3, -0.25) is 9.59 Å². The molecule has 0 atom stereocenters. The van der Waals surface area contributed by atoms with Crippen LogP contribution in [0.2, 0.25) is 0 Å². The van der Waals surface area contributed by atoms with Crippen molar-refractivity contribution in [2.45, 2.75) is 19.8 Å². The second-order valence-corrected chi connectivity index (χ2v) is 4.20. The van der Waals surface area contributed by atoms with E-state index in [-0.39, 0.29) is 24.2 Å². The molecule has 20 heavy (non-hydrogen) atoms. The minimum atomic E-state index is -0.379. The van der Waals surface area contributed by atoms with E-state index < -0.39 is 0 Å². The van der Waals surface area contributed by atoms with E-state index in [9.17, 15) is 14.4 Å². The number of anilines is 1. The molecular formula is C14H18N2O4. The van der Waals surface area contributed by atoms with Gasteiger partial charge in [0.2, 0.25) is 0 Å². The lowest BCUT2D eigenvalue weighted by Crippen LogP contribution is -2.29. The quantitative estimate of drug-likeness (QED) is 0.473. The molecule has 2 N–H and O–H groups in total. The predicted octanol–water partition coefficient (Wildman–Crippen LogP) is 1.96. The van der Waals surface area contributed by atoms with Gasteiger partial charge in [0.05, 0.1) is 7.11 Å². The molecule has 6 nitrogen and oxygen atoms in total. The van der Waals surface area contributed by atoms with Gasteiger partial charge in [0.1, 0.15) is 0 Å². The fraction of sp³-hybridized carbons (Fsp3) is 0.357. The smallest absolute Gasteiger partial charge is 0.319 e. The third-order valence-corrected chi connectivity index (χ3v) is 2.60. The van der Waals surface area contributed by atoms with E-state index >= 15 is 0 Å². The molecule has 0 aromatic heterocycles. The molecule has 0 aliphatic carbocycles. The molecule has 2 amide bonds. The number of carbonyl (C=O) groups is 3.